The summed E-state index contributed by atoms with van der Waals surface area (Å²) in [4.78, 5) is 16.3. The first-order chi connectivity index (χ1) is 8.25. The molecule has 1 N–H and O–H groups in total. The normalized spacial score (nSPS) is 19.9. The number of benzene rings is 1. The van der Waals surface area contributed by atoms with Crippen molar-refractivity contribution in [2.24, 2.45) is 0 Å². The van der Waals surface area contributed by atoms with Gasteiger partial charge >= 0.3 is 0 Å². The molecule has 5 heteroatoms. The molecule has 1 atom stereocenters. The fraction of sp³-hybridized carbons (Fsp3) is 0.333. The zero-order valence-corrected chi connectivity index (χ0v) is 9.19. The summed E-state index contributed by atoms with van der Waals surface area (Å²) in [6, 6.07) is 4.06. The number of nitrogens with zero attached hydrogens (tertiary/aromatic N) is 2. The lowest BCUT2D eigenvalue weighted by Gasteiger charge is -2.13. The maximum atomic E-state index is 13.0. The van der Waals surface area contributed by atoms with E-state index in [9.17, 15) is 9.18 Å². The summed E-state index contributed by atoms with van der Waals surface area (Å²) in [5, 5.41) is 3.70. The first-order valence-electron chi connectivity index (χ1n) is 5.65. The van der Waals surface area contributed by atoms with E-state index >= 15 is 0 Å². The van der Waals surface area contributed by atoms with E-state index in [1.807, 2.05) is 0 Å². The summed E-state index contributed by atoms with van der Waals surface area (Å²) in [6.07, 6.45) is 3.49. The van der Waals surface area contributed by atoms with Crippen molar-refractivity contribution in [1.29, 1.82) is 0 Å². The van der Waals surface area contributed by atoms with Crippen LogP contribution in [-0.2, 0) is 0 Å². The number of rotatable bonds is 1. The minimum atomic E-state index is -0.374. The van der Waals surface area contributed by atoms with Gasteiger partial charge in [-0.05, 0) is 31.5 Å². The summed E-state index contributed by atoms with van der Waals surface area (Å²) in [5.41, 5.74) is 0.290. The molecular formula is C12H12FN3O. The minimum absolute atomic E-state index is 0.0180. The van der Waals surface area contributed by atoms with E-state index in [2.05, 4.69) is 10.3 Å². The Kier molecular flexibility index (Phi) is 2.40. The SMILES string of the molecule is O=c1c2ccc(F)cc2ncn1C1CCCN1. The fourth-order valence-corrected chi connectivity index (χ4v) is 2.23. The van der Waals surface area contributed by atoms with Crippen molar-refractivity contribution in [2.75, 3.05) is 6.54 Å². The molecule has 2 heterocycles. The van der Waals surface area contributed by atoms with Crippen molar-refractivity contribution in [1.82, 2.24) is 14.9 Å². The van der Waals surface area contributed by atoms with Crippen molar-refractivity contribution in [3.8, 4) is 0 Å². The van der Waals surface area contributed by atoms with Crippen LogP contribution in [0, 0.1) is 5.82 Å². The van der Waals surface area contributed by atoms with Crippen LogP contribution in [0.1, 0.15) is 19.0 Å². The second-order valence-corrected chi connectivity index (χ2v) is 4.23. The average molecular weight is 233 g/mol. The minimum Gasteiger partial charge on any atom is -0.297 e. The van der Waals surface area contributed by atoms with Gasteiger partial charge in [0.1, 0.15) is 5.82 Å². The fourth-order valence-electron chi connectivity index (χ4n) is 2.23. The zero-order valence-electron chi connectivity index (χ0n) is 9.19. The third-order valence-corrected chi connectivity index (χ3v) is 3.12. The molecule has 1 aromatic carbocycles. The van der Waals surface area contributed by atoms with Crippen LogP contribution in [0.2, 0.25) is 0 Å². The topological polar surface area (TPSA) is 46.9 Å². The Labute approximate surface area is 97.1 Å². The maximum Gasteiger partial charge on any atom is 0.262 e. The van der Waals surface area contributed by atoms with E-state index in [1.54, 1.807) is 4.57 Å². The molecule has 0 aliphatic carbocycles. The van der Waals surface area contributed by atoms with E-state index in [4.69, 9.17) is 0 Å². The lowest BCUT2D eigenvalue weighted by molar-refractivity contribution is 0.453. The summed E-state index contributed by atoms with van der Waals surface area (Å²) >= 11 is 0. The molecule has 0 radical (unpaired) electrons. The Bertz CT molecular complexity index is 617. The van der Waals surface area contributed by atoms with Gasteiger partial charge in [-0.3, -0.25) is 14.7 Å². The number of aromatic nitrogens is 2. The largest absolute Gasteiger partial charge is 0.297 e. The maximum absolute atomic E-state index is 13.0. The first kappa shape index (κ1) is 10.4. The highest BCUT2D eigenvalue weighted by Gasteiger charge is 2.18. The molecule has 1 aliphatic rings. The van der Waals surface area contributed by atoms with Crippen LogP contribution in [0.5, 0.6) is 0 Å². The van der Waals surface area contributed by atoms with Gasteiger partial charge in [0.25, 0.3) is 5.56 Å². The number of hydrogen-bond acceptors (Lipinski definition) is 3. The predicted octanol–water partition coefficient (Wildman–Crippen LogP) is 1.42. The lowest BCUT2D eigenvalue weighted by atomic mass is 10.2. The van der Waals surface area contributed by atoms with Gasteiger partial charge in [-0.2, -0.15) is 0 Å². The summed E-state index contributed by atoms with van der Waals surface area (Å²) in [5.74, 6) is -0.374. The number of hydrogen-bond donors (Lipinski definition) is 1. The molecule has 0 amide bonds. The van der Waals surface area contributed by atoms with Crippen LogP contribution < -0.4 is 10.9 Å². The molecule has 1 aromatic heterocycles. The molecule has 3 rings (SSSR count). The number of halogens is 1. The Balaban J connectivity index is 2.18. The van der Waals surface area contributed by atoms with Gasteiger partial charge in [-0.15, -0.1) is 0 Å². The molecule has 1 unspecified atom stereocenters. The van der Waals surface area contributed by atoms with E-state index in [1.165, 1.54) is 24.5 Å². The highest BCUT2D eigenvalue weighted by atomic mass is 19.1. The van der Waals surface area contributed by atoms with Gasteiger partial charge in [-0.1, -0.05) is 0 Å². The highest BCUT2D eigenvalue weighted by Crippen LogP contribution is 2.15. The summed E-state index contributed by atoms with van der Waals surface area (Å²) < 4.78 is 14.6. The molecule has 4 nitrogen and oxygen atoms in total. The monoisotopic (exact) mass is 233 g/mol. The van der Waals surface area contributed by atoms with Crippen molar-refractivity contribution < 1.29 is 4.39 Å². The van der Waals surface area contributed by atoms with Crippen LogP contribution in [0.15, 0.2) is 29.3 Å². The van der Waals surface area contributed by atoms with E-state index in [0.29, 0.717) is 10.9 Å². The van der Waals surface area contributed by atoms with Crippen molar-refractivity contribution in [3.05, 3.63) is 40.7 Å². The molecule has 88 valence electrons. The van der Waals surface area contributed by atoms with Gasteiger partial charge in [0.05, 0.1) is 23.4 Å². The molecule has 0 spiro atoms. The lowest BCUT2D eigenvalue weighted by Crippen LogP contribution is -2.30. The van der Waals surface area contributed by atoms with Crippen LogP contribution >= 0.6 is 0 Å². The van der Waals surface area contributed by atoms with Gasteiger partial charge < -0.3 is 0 Å². The molecule has 1 saturated heterocycles. The smallest absolute Gasteiger partial charge is 0.262 e. The Morgan fingerprint density at radius 2 is 2.35 bits per heavy atom. The zero-order chi connectivity index (χ0) is 11.8. The predicted molar refractivity (Wildman–Crippen MR) is 62.2 cm³/mol. The van der Waals surface area contributed by atoms with Gasteiger partial charge in [0.15, 0.2) is 0 Å². The van der Waals surface area contributed by atoms with Crippen LogP contribution in [0.4, 0.5) is 4.39 Å². The summed E-state index contributed by atoms with van der Waals surface area (Å²) in [7, 11) is 0. The Hall–Kier alpha value is -1.75. The molecule has 1 fully saturated rings. The van der Waals surface area contributed by atoms with Gasteiger partial charge in [0, 0.05) is 6.07 Å². The second kappa shape index (κ2) is 3.92. The van der Waals surface area contributed by atoms with Crippen molar-refractivity contribution in [3.63, 3.8) is 0 Å². The highest BCUT2D eigenvalue weighted by molar-refractivity contribution is 5.77. The molecule has 1 aliphatic heterocycles. The number of nitrogens with one attached hydrogen (secondary N) is 1. The van der Waals surface area contributed by atoms with E-state index < -0.39 is 0 Å². The molecule has 17 heavy (non-hydrogen) atoms. The summed E-state index contributed by atoms with van der Waals surface area (Å²) in [6.45, 7) is 0.915. The first-order valence-corrected chi connectivity index (χ1v) is 5.65. The van der Waals surface area contributed by atoms with Crippen LogP contribution in [0.25, 0.3) is 10.9 Å². The third-order valence-electron chi connectivity index (χ3n) is 3.12. The molecule has 0 saturated carbocycles. The van der Waals surface area contributed by atoms with Gasteiger partial charge in [-0.25, -0.2) is 9.37 Å². The molecular weight excluding hydrogens is 221 g/mol. The van der Waals surface area contributed by atoms with E-state index in [0.717, 1.165) is 19.4 Å². The van der Waals surface area contributed by atoms with E-state index in [-0.39, 0.29) is 17.5 Å². The standard InChI is InChI=1S/C12H12FN3O/c13-8-3-4-9-10(6-8)15-7-16(12(9)17)11-2-1-5-14-11/h3-4,6-7,11,14H,1-2,5H2. The Morgan fingerprint density at radius 3 is 3.12 bits per heavy atom. The second-order valence-electron chi connectivity index (χ2n) is 4.23. The Morgan fingerprint density at radius 1 is 1.47 bits per heavy atom. The average Bonchev–Trinajstić information content (AvgIpc) is 2.82. The van der Waals surface area contributed by atoms with Crippen molar-refractivity contribution >= 4 is 10.9 Å². The van der Waals surface area contributed by atoms with Crippen LogP contribution in [-0.4, -0.2) is 16.1 Å². The quantitative estimate of drug-likeness (QED) is 0.810. The number of fused-ring (bicyclic) bond motifs is 1. The van der Waals surface area contributed by atoms with Crippen molar-refractivity contribution in [2.45, 2.75) is 19.0 Å². The van der Waals surface area contributed by atoms with Crippen LogP contribution in [0.3, 0.4) is 0 Å². The van der Waals surface area contributed by atoms with Gasteiger partial charge in [0.2, 0.25) is 0 Å². The third kappa shape index (κ3) is 1.72. The molecule has 2 aromatic rings. The molecule has 0 bridgehead atoms.